The van der Waals surface area contributed by atoms with Gasteiger partial charge < -0.3 is 14.8 Å². The van der Waals surface area contributed by atoms with Crippen LogP contribution in [-0.2, 0) is 0 Å². The van der Waals surface area contributed by atoms with E-state index < -0.39 is 0 Å². The van der Waals surface area contributed by atoms with Crippen molar-refractivity contribution in [1.29, 1.82) is 0 Å². The van der Waals surface area contributed by atoms with Crippen molar-refractivity contribution >= 4 is 5.91 Å². The van der Waals surface area contributed by atoms with E-state index in [2.05, 4.69) is 10.3 Å². The van der Waals surface area contributed by atoms with Gasteiger partial charge in [0.15, 0.2) is 11.4 Å². The SMILES string of the molecule is CNC(=O)c1ncc(OC2CC2)cc1OC. The summed E-state index contributed by atoms with van der Waals surface area (Å²) >= 11 is 0. The minimum Gasteiger partial charge on any atom is -0.494 e. The van der Waals surface area contributed by atoms with E-state index in [1.807, 2.05) is 0 Å². The minimum absolute atomic E-state index is 0.269. The lowest BCUT2D eigenvalue weighted by atomic mass is 10.3. The monoisotopic (exact) mass is 222 g/mol. The summed E-state index contributed by atoms with van der Waals surface area (Å²) in [6.07, 6.45) is 4.02. The van der Waals surface area contributed by atoms with Crippen LogP contribution in [0.1, 0.15) is 23.3 Å². The van der Waals surface area contributed by atoms with E-state index >= 15 is 0 Å². The number of pyridine rings is 1. The first-order chi connectivity index (χ1) is 7.74. The maximum atomic E-state index is 11.4. The van der Waals surface area contributed by atoms with Gasteiger partial charge in [0.05, 0.1) is 19.4 Å². The molecule has 1 aromatic rings. The van der Waals surface area contributed by atoms with E-state index in [0.717, 1.165) is 12.8 Å². The number of carbonyl (C=O) groups excluding carboxylic acids is 1. The number of amides is 1. The number of ether oxygens (including phenoxy) is 2. The third-order valence-electron chi connectivity index (χ3n) is 2.32. The fraction of sp³-hybridized carbons (Fsp3) is 0.455. The van der Waals surface area contributed by atoms with Crippen molar-refractivity contribution < 1.29 is 14.3 Å². The van der Waals surface area contributed by atoms with Gasteiger partial charge in [0.2, 0.25) is 0 Å². The van der Waals surface area contributed by atoms with E-state index in [1.165, 1.54) is 7.11 Å². The van der Waals surface area contributed by atoms with Crippen LogP contribution in [0.15, 0.2) is 12.3 Å². The first-order valence-corrected chi connectivity index (χ1v) is 5.17. The summed E-state index contributed by atoms with van der Waals surface area (Å²) in [5.41, 5.74) is 0.271. The van der Waals surface area contributed by atoms with Gasteiger partial charge in [0.1, 0.15) is 5.75 Å². The summed E-state index contributed by atoms with van der Waals surface area (Å²) in [6, 6.07) is 1.69. The molecular formula is C11H14N2O3. The van der Waals surface area contributed by atoms with Crippen molar-refractivity contribution in [1.82, 2.24) is 10.3 Å². The molecule has 0 unspecified atom stereocenters. The smallest absolute Gasteiger partial charge is 0.273 e. The van der Waals surface area contributed by atoms with E-state index in [4.69, 9.17) is 9.47 Å². The molecule has 0 aliphatic heterocycles. The average molecular weight is 222 g/mol. The zero-order chi connectivity index (χ0) is 11.5. The van der Waals surface area contributed by atoms with Crippen molar-refractivity contribution in [2.75, 3.05) is 14.2 Å². The fourth-order valence-corrected chi connectivity index (χ4v) is 1.31. The van der Waals surface area contributed by atoms with Crippen LogP contribution >= 0.6 is 0 Å². The summed E-state index contributed by atoms with van der Waals surface area (Å²) in [5.74, 6) is 0.805. The fourth-order valence-electron chi connectivity index (χ4n) is 1.31. The molecule has 1 fully saturated rings. The second kappa shape index (κ2) is 4.38. The second-order valence-corrected chi connectivity index (χ2v) is 3.62. The highest BCUT2D eigenvalue weighted by Crippen LogP contribution is 2.29. The van der Waals surface area contributed by atoms with Crippen LogP contribution in [0.5, 0.6) is 11.5 Å². The lowest BCUT2D eigenvalue weighted by Gasteiger charge is -2.09. The van der Waals surface area contributed by atoms with E-state index in [1.54, 1.807) is 19.3 Å². The molecular weight excluding hydrogens is 208 g/mol. The number of methoxy groups -OCH3 is 1. The lowest BCUT2D eigenvalue weighted by Crippen LogP contribution is -2.20. The van der Waals surface area contributed by atoms with Gasteiger partial charge in [-0.2, -0.15) is 0 Å². The van der Waals surface area contributed by atoms with Crippen molar-refractivity contribution in [3.63, 3.8) is 0 Å². The summed E-state index contributed by atoms with van der Waals surface area (Å²) < 4.78 is 10.7. The van der Waals surface area contributed by atoms with E-state index in [9.17, 15) is 4.79 Å². The molecule has 1 aromatic heterocycles. The van der Waals surface area contributed by atoms with Crippen molar-refractivity contribution in [3.8, 4) is 11.5 Å². The Balaban J connectivity index is 2.22. The highest BCUT2D eigenvalue weighted by Gasteiger charge is 2.24. The first-order valence-electron chi connectivity index (χ1n) is 5.17. The molecule has 86 valence electrons. The molecule has 0 saturated heterocycles. The molecule has 1 saturated carbocycles. The number of aromatic nitrogens is 1. The molecule has 0 aromatic carbocycles. The van der Waals surface area contributed by atoms with Crippen LogP contribution in [-0.4, -0.2) is 31.2 Å². The van der Waals surface area contributed by atoms with E-state index in [0.29, 0.717) is 17.6 Å². The number of nitrogens with one attached hydrogen (secondary N) is 1. The quantitative estimate of drug-likeness (QED) is 0.825. The van der Waals surface area contributed by atoms with Gasteiger partial charge in [-0.1, -0.05) is 0 Å². The molecule has 1 amide bonds. The molecule has 16 heavy (non-hydrogen) atoms. The molecule has 0 bridgehead atoms. The maximum Gasteiger partial charge on any atom is 0.273 e. The summed E-state index contributed by atoms with van der Waals surface area (Å²) in [7, 11) is 3.06. The van der Waals surface area contributed by atoms with Crippen molar-refractivity contribution in [2.24, 2.45) is 0 Å². The van der Waals surface area contributed by atoms with Gasteiger partial charge >= 0.3 is 0 Å². The van der Waals surface area contributed by atoms with Crippen LogP contribution in [0.2, 0.25) is 0 Å². The normalized spacial score (nSPS) is 14.4. The molecule has 0 atom stereocenters. The molecule has 5 nitrogen and oxygen atoms in total. The van der Waals surface area contributed by atoms with Gasteiger partial charge in [-0.3, -0.25) is 4.79 Å². The topological polar surface area (TPSA) is 60.5 Å². The van der Waals surface area contributed by atoms with Gasteiger partial charge in [-0.25, -0.2) is 4.98 Å². The Morgan fingerprint density at radius 2 is 2.31 bits per heavy atom. The zero-order valence-electron chi connectivity index (χ0n) is 9.32. The van der Waals surface area contributed by atoms with Crippen molar-refractivity contribution in [3.05, 3.63) is 18.0 Å². The van der Waals surface area contributed by atoms with Gasteiger partial charge in [-0.05, 0) is 12.8 Å². The largest absolute Gasteiger partial charge is 0.494 e. The first kappa shape index (κ1) is 10.7. The highest BCUT2D eigenvalue weighted by molar-refractivity contribution is 5.94. The Morgan fingerprint density at radius 3 is 2.88 bits per heavy atom. The number of hydrogen-bond acceptors (Lipinski definition) is 4. The molecule has 1 aliphatic carbocycles. The molecule has 0 spiro atoms. The van der Waals surface area contributed by atoms with Gasteiger partial charge in [0, 0.05) is 13.1 Å². The maximum absolute atomic E-state index is 11.4. The summed E-state index contributed by atoms with van der Waals surface area (Å²) in [5, 5.41) is 2.51. The number of rotatable bonds is 4. The van der Waals surface area contributed by atoms with Gasteiger partial charge in [-0.15, -0.1) is 0 Å². The lowest BCUT2D eigenvalue weighted by molar-refractivity contribution is 0.0954. The van der Waals surface area contributed by atoms with Crippen LogP contribution in [0.4, 0.5) is 0 Å². The molecule has 1 aliphatic rings. The molecule has 1 N–H and O–H groups in total. The Hall–Kier alpha value is -1.78. The van der Waals surface area contributed by atoms with E-state index in [-0.39, 0.29) is 11.6 Å². The van der Waals surface area contributed by atoms with Crippen LogP contribution in [0.25, 0.3) is 0 Å². The summed E-state index contributed by atoms with van der Waals surface area (Å²) in [4.78, 5) is 15.5. The Labute approximate surface area is 93.8 Å². The predicted molar refractivity (Wildman–Crippen MR) is 57.8 cm³/mol. The standard InChI is InChI=1S/C11H14N2O3/c1-12-11(14)10-9(15-2)5-8(6-13-10)16-7-3-4-7/h5-7H,3-4H2,1-2H3,(H,12,14). The highest BCUT2D eigenvalue weighted by atomic mass is 16.5. The van der Waals surface area contributed by atoms with Crippen LogP contribution < -0.4 is 14.8 Å². The van der Waals surface area contributed by atoms with Crippen LogP contribution in [0.3, 0.4) is 0 Å². The predicted octanol–water partition coefficient (Wildman–Crippen LogP) is 0.991. The number of nitrogens with zero attached hydrogens (tertiary/aromatic N) is 1. The van der Waals surface area contributed by atoms with Crippen LogP contribution in [0, 0.1) is 0 Å². The minimum atomic E-state index is -0.269. The third-order valence-corrected chi connectivity index (χ3v) is 2.32. The third kappa shape index (κ3) is 2.24. The summed E-state index contributed by atoms with van der Waals surface area (Å²) in [6.45, 7) is 0. The Bertz CT molecular complexity index is 402. The number of hydrogen-bond donors (Lipinski definition) is 1. The molecule has 2 rings (SSSR count). The molecule has 5 heteroatoms. The van der Waals surface area contributed by atoms with Crippen molar-refractivity contribution in [2.45, 2.75) is 18.9 Å². The average Bonchev–Trinajstić information content (AvgIpc) is 3.11. The zero-order valence-corrected chi connectivity index (χ0v) is 9.32. The Morgan fingerprint density at radius 1 is 1.56 bits per heavy atom. The molecule has 1 heterocycles. The second-order valence-electron chi connectivity index (χ2n) is 3.62. The number of carbonyl (C=O) groups is 1. The molecule has 0 radical (unpaired) electrons. The van der Waals surface area contributed by atoms with Gasteiger partial charge in [0.25, 0.3) is 5.91 Å². The Kier molecular flexibility index (Phi) is 2.94.